The van der Waals surface area contributed by atoms with Crippen LogP contribution in [0.4, 0.5) is 0 Å². The average Bonchev–Trinajstić information content (AvgIpc) is 2.49. The number of hydrogen-bond donors (Lipinski definition) is 1. The van der Waals surface area contributed by atoms with Gasteiger partial charge in [-0.25, -0.2) is 0 Å². The van der Waals surface area contributed by atoms with Crippen LogP contribution in [0.2, 0.25) is 0 Å². The molecule has 0 aromatic carbocycles. The van der Waals surface area contributed by atoms with Crippen LogP contribution in [0.15, 0.2) is 0 Å². The largest absolute Gasteiger partial charge is 0.381 e. The average molecular weight is 213 g/mol. The number of nitrogens with one attached hydrogen (secondary N) is 1. The van der Waals surface area contributed by atoms with Gasteiger partial charge in [-0.15, -0.1) is 0 Å². The minimum Gasteiger partial charge on any atom is -0.381 e. The molecule has 0 saturated heterocycles. The van der Waals surface area contributed by atoms with E-state index in [9.17, 15) is 0 Å². The molecule has 1 N–H and O–H groups in total. The Morgan fingerprint density at radius 1 is 1.13 bits per heavy atom. The summed E-state index contributed by atoms with van der Waals surface area (Å²) in [6, 6.07) is 0.734. The first kappa shape index (κ1) is 13.0. The lowest BCUT2D eigenvalue weighted by molar-refractivity contribution is 0.113. The predicted molar refractivity (Wildman–Crippen MR) is 65.1 cm³/mol. The lowest BCUT2D eigenvalue weighted by Gasteiger charge is -2.24. The standard InChI is InChI=1S/C13H27NO/c1-3-10-15-11-9-12-7-5-4-6-8-13(12)14-2/h12-14H,3-11H2,1-2H3. The molecule has 1 rings (SSSR count). The molecule has 2 atom stereocenters. The summed E-state index contributed by atoms with van der Waals surface area (Å²) in [6.07, 6.45) is 9.36. The van der Waals surface area contributed by atoms with Crippen molar-refractivity contribution in [2.45, 2.75) is 57.9 Å². The third kappa shape index (κ3) is 4.98. The number of hydrogen-bond acceptors (Lipinski definition) is 2. The van der Waals surface area contributed by atoms with Crippen molar-refractivity contribution in [3.8, 4) is 0 Å². The minimum absolute atomic E-state index is 0.734. The van der Waals surface area contributed by atoms with Crippen LogP contribution in [0.1, 0.15) is 51.9 Å². The molecule has 0 aliphatic heterocycles. The van der Waals surface area contributed by atoms with E-state index in [1.807, 2.05) is 0 Å². The van der Waals surface area contributed by atoms with E-state index in [0.29, 0.717) is 0 Å². The Morgan fingerprint density at radius 3 is 2.67 bits per heavy atom. The monoisotopic (exact) mass is 213 g/mol. The van der Waals surface area contributed by atoms with Crippen molar-refractivity contribution in [3.05, 3.63) is 0 Å². The van der Waals surface area contributed by atoms with Crippen LogP contribution in [0.5, 0.6) is 0 Å². The molecule has 1 fully saturated rings. The van der Waals surface area contributed by atoms with Crippen molar-refractivity contribution in [2.24, 2.45) is 5.92 Å². The Labute approximate surface area is 94.8 Å². The summed E-state index contributed by atoms with van der Waals surface area (Å²) in [5.74, 6) is 0.842. The summed E-state index contributed by atoms with van der Waals surface area (Å²) in [6.45, 7) is 4.05. The maximum absolute atomic E-state index is 5.59. The van der Waals surface area contributed by atoms with Crippen molar-refractivity contribution in [2.75, 3.05) is 20.3 Å². The Balaban J connectivity index is 2.22. The second kappa shape index (κ2) is 8.12. The van der Waals surface area contributed by atoms with Crippen molar-refractivity contribution < 1.29 is 4.74 Å². The fraction of sp³-hybridized carbons (Fsp3) is 1.00. The molecule has 1 saturated carbocycles. The lowest BCUT2D eigenvalue weighted by atomic mass is 9.92. The summed E-state index contributed by atoms with van der Waals surface area (Å²) in [7, 11) is 2.11. The molecule has 90 valence electrons. The second-order valence-corrected chi connectivity index (χ2v) is 4.69. The topological polar surface area (TPSA) is 21.3 Å². The third-order valence-electron chi connectivity index (χ3n) is 3.51. The van der Waals surface area contributed by atoms with E-state index >= 15 is 0 Å². The number of rotatable bonds is 6. The molecule has 0 heterocycles. The molecule has 2 unspecified atom stereocenters. The fourth-order valence-corrected chi connectivity index (χ4v) is 2.59. The summed E-state index contributed by atoms with van der Waals surface area (Å²) in [5.41, 5.74) is 0. The van der Waals surface area contributed by atoms with Crippen LogP contribution in [-0.2, 0) is 4.74 Å². The van der Waals surface area contributed by atoms with Crippen molar-refractivity contribution in [3.63, 3.8) is 0 Å². The normalized spacial score (nSPS) is 27.6. The summed E-state index contributed by atoms with van der Waals surface area (Å²) < 4.78 is 5.59. The molecule has 15 heavy (non-hydrogen) atoms. The molecule has 0 bridgehead atoms. The highest BCUT2D eigenvalue weighted by molar-refractivity contribution is 4.78. The van der Waals surface area contributed by atoms with Crippen molar-refractivity contribution >= 4 is 0 Å². The summed E-state index contributed by atoms with van der Waals surface area (Å²) >= 11 is 0. The van der Waals surface area contributed by atoms with Crippen molar-refractivity contribution in [1.82, 2.24) is 5.32 Å². The molecule has 1 aliphatic rings. The van der Waals surface area contributed by atoms with Crippen molar-refractivity contribution in [1.29, 1.82) is 0 Å². The molecule has 0 amide bonds. The maximum Gasteiger partial charge on any atom is 0.0469 e. The zero-order valence-electron chi connectivity index (χ0n) is 10.4. The van der Waals surface area contributed by atoms with Gasteiger partial charge in [-0.2, -0.15) is 0 Å². The Bertz CT molecular complexity index is 149. The van der Waals surface area contributed by atoms with Gasteiger partial charge in [0.15, 0.2) is 0 Å². The van der Waals surface area contributed by atoms with Gasteiger partial charge in [0, 0.05) is 19.3 Å². The smallest absolute Gasteiger partial charge is 0.0469 e. The van der Waals surface area contributed by atoms with E-state index in [-0.39, 0.29) is 0 Å². The van der Waals surface area contributed by atoms with E-state index in [0.717, 1.165) is 31.6 Å². The van der Waals surface area contributed by atoms with Crippen LogP contribution in [0.25, 0.3) is 0 Å². The first-order valence-corrected chi connectivity index (χ1v) is 6.63. The van der Waals surface area contributed by atoms with E-state index in [1.165, 1.54) is 38.5 Å². The maximum atomic E-state index is 5.59. The summed E-state index contributed by atoms with van der Waals surface area (Å²) in [4.78, 5) is 0. The molecular formula is C13H27NO. The zero-order valence-corrected chi connectivity index (χ0v) is 10.4. The predicted octanol–water partition coefficient (Wildman–Crippen LogP) is 2.97. The minimum atomic E-state index is 0.734. The van der Waals surface area contributed by atoms with E-state index in [4.69, 9.17) is 4.74 Å². The quantitative estimate of drug-likeness (QED) is 0.541. The molecule has 0 spiro atoms. The van der Waals surface area contributed by atoms with Gasteiger partial charge in [0.2, 0.25) is 0 Å². The van der Waals surface area contributed by atoms with Gasteiger partial charge in [-0.05, 0) is 38.6 Å². The highest BCUT2D eigenvalue weighted by atomic mass is 16.5. The van der Waals surface area contributed by atoms with Gasteiger partial charge >= 0.3 is 0 Å². The first-order valence-electron chi connectivity index (χ1n) is 6.63. The van der Waals surface area contributed by atoms with Crippen LogP contribution >= 0.6 is 0 Å². The zero-order chi connectivity index (χ0) is 10.9. The van der Waals surface area contributed by atoms with Gasteiger partial charge in [-0.3, -0.25) is 0 Å². The Hall–Kier alpha value is -0.0800. The van der Waals surface area contributed by atoms with Crippen LogP contribution in [0, 0.1) is 5.92 Å². The molecular weight excluding hydrogens is 186 g/mol. The lowest BCUT2D eigenvalue weighted by Crippen LogP contribution is -2.33. The molecule has 0 radical (unpaired) electrons. The first-order chi connectivity index (χ1) is 7.38. The Kier molecular flexibility index (Phi) is 7.03. The highest BCUT2D eigenvalue weighted by Gasteiger charge is 2.21. The molecule has 0 aromatic rings. The Morgan fingerprint density at radius 2 is 1.93 bits per heavy atom. The molecule has 1 aliphatic carbocycles. The second-order valence-electron chi connectivity index (χ2n) is 4.69. The van der Waals surface area contributed by atoms with Gasteiger partial charge < -0.3 is 10.1 Å². The third-order valence-corrected chi connectivity index (χ3v) is 3.51. The van der Waals surface area contributed by atoms with Gasteiger partial charge in [0.25, 0.3) is 0 Å². The molecule has 2 nitrogen and oxygen atoms in total. The highest BCUT2D eigenvalue weighted by Crippen LogP contribution is 2.25. The van der Waals surface area contributed by atoms with E-state index in [2.05, 4.69) is 19.3 Å². The van der Waals surface area contributed by atoms with Gasteiger partial charge in [0.05, 0.1) is 0 Å². The van der Waals surface area contributed by atoms with Crippen LogP contribution in [-0.4, -0.2) is 26.3 Å². The van der Waals surface area contributed by atoms with E-state index in [1.54, 1.807) is 0 Å². The molecule has 0 aromatic heterocycles. The van der Waals surface area contributed by atoms with Crippen LogP contribution in [0.3, 0.4) is 0 Å². The number of ether oxygens (including phenoxy) is 1. The van der Waals surface area contributed by atoms with Crippen LogP contribution < -0.4 is 5.32 Å². The fourth-order valence-electron chi connectivity index (χ4n) is 2.59. The molecule has 2 heteroatoms. The SMILES string of the molecule is CCCOCCC1CCCCCC1NC. The summed E-state index contributed by atoms with van der Waals surface area (Å²) in [5, 5.41) is 3.48. The van der Waals surface area contributed by atoms with Gasteiger partial charge in [0.1, 0.15) is 0 Å². The van der Waals surface area contributed by atoms with E-state index < -0.39 is 0 Å². The van der Waals surface area contributed by atoms with Gasteiger partial charge in [-0.1, -0.05) is 26.2 Å².